The fourth-order valence-electron chi connectivity index (χ4n) is 1.42. The van der Waals surface area contributed by atoms with Crippen LogP contribution in [-0.2, 0) is 4.74 Å². The molecule has 1 aliphatic heterocycles. The van der Waals surface area contributed by atoms with Gasteiger partial charge in [-0.1, -0.05) is 27.7 Å². The first-order chi connectivity index (χ1) is 6.66. The average Bonchev–Trinajstić information content (AvgIpc) is 2.53. The molecule has 1 N–H and O–H groups in total. The molecule has 0 aromatic rings. The zero-order valence-electron chi connectivity index (χ0n) is 10.5. The molecule has 0 amide bonds. The average molecular weight is 207 g/mol. The van der Waals surface area contributed by atoms with Gasteiger partial charge < -0.3 is 10.1 Å². The molecule has 0 spiro atoms. The van der Waals surface area contributed by atoms with Crippen molar-refractivity contribution in [3.8, 4) is 0 Å². The number of methoxy groups -OCH3 is 1. The summed E-state index contributed by atoms with van der Waals surface area (Å²) in [6.07, 6.45) is 0.570. The van der Waals surface area contributed by atoms with Crippen LogP contribution >= 0.6 is 0 Å². The van der Waals surface area contributed by atoms with Gasteiger partial charge in [-0.3, -0.25) is 0 Å². The van der Waals surface area contributed by atoms with E-state index in [-0.39, 0.29) is 6.61 Å². The molecule has 0 aromatic heterocycles. The van der Waals surface area contributed by atoms with Gasteiger partial charge in [-0.25, -0.2) is 4.39 Å². The molecule has 3 heteroatoms. The Morgan fingerprint density at radius 3 is 2.14 bits per heavy atom. The first-order valence-corrected chi connectivity index (χ1v) is 5.57. The standard InChI is InChI=1S/C7H14FNO.2C2H6/c1-6-3-7(8,4-9-6)5-10-2;2*1-2/h6,9H,3-5H2,1-2H3;2*1-2H3/t6?,7-;;/m1../s1. The summed E-state index contributed by atoms with van der Waals surface area (Å²) in [7, 11) is 1.53. The Kier molecular flexibility index (Phi) is 10.9. The van der Waals surface area contributed by atoms with Crippen LogP contribution in [-0.4, -0.2) is 32.0 Å². The lowest BCUT2D eigenvalue weighted by Crippen LogP contribution is -2.31. The summed E-state index contributed by atoms with van der Waals surface area (Å²) in [5.74, 6) is 0. The van der Waals surface area contributed by atoms with Crippen molar-refractivity contribution in [2.24, 2.45) is 0 Å². The van der Waals surface area contributed by atoms with Gasteiger partial charge in [-0.15, -0.1) is 0 Å². The first-order valence-electron chi connectivity index (χ1n) is 5.57. The van der Waals surface area contributed by atoms with Gasteiger partial charge in [-0.05, 0) is 13.3 Å². The fourth-order valence-corrected chi connectivity index (χ4v) is 1.42. The summed E-state index contributed by atoms with van der Waals surface area (Å²) < 4.78 is 18.1. The Hall–Kier alpha value is -0.150. The molecule has 1 unspecified atom stereocenters. The van der Waals surface area contributed by atoms with Gasteiger partial charge in [-0.2, -0.15) is 0 Å². The predicted octanol–water partition coefficient (Wildman–Crippen LogP) is 2.78. The van der Waals surface area contributed by atoms with Gasteiger partial charge in [0.25, 0.3) is 0 Å². The monoisotopic (exact) mass is 207 g/mol. The second-order valence-electron chi connectivity index (χ2n) is 3.07. The van der Waals surface area contributed by atoms with E-state index < -0.39 is 5.67 Å². The van der Waals surface area contributed by atoms with E-state index in [1.807, 2.05) is 34.6 Å². The molecule has 0 saturated carbocycles. The Bertz CT molecular complexity index is 118. The molecule has 0 aliphatic carbocycles. The molecule has 88 valence electrons. The van der Waals surface area contributed by atoms with Crippen LogP contribution < -0.4 is 5.32 Å². The van der Waals surface area contributed by atoms with Crippen LogP contribution in [0.1, 0.15) is 41.0 Å². The maximum atomic E-state index is 13.4. The molecular formula is C11H26FNO. The minimum atomic E-state index is -1.12. The molecule has 1 heterocycles. The van der Waals surface area contributed by atoms with Crippen LogP contribution in [0.15, 0.2) is 0 Å². The molecule has 1 fully saturated rings. The lowest BCUT2D eigenvalue weighted by Gasteiger charge is -2.16. The van der Waals surface area contributed by atoms with E-state index in [0.29, 0.717) is 19.0 Å². The maximum Gasteiger partial charge on any atom is 0.148 e. The third-order valence-electron chi connectivity index (χ3n) is 1.84. The molecule has 14 heavy (non-hydrogen) atoms. The largest absolute Gasteiger partial charge is 0.381 e. The second-order valence-corrected chi connectivity index (χ2v) is 3.07. The fraction of sp³-hybridized carbons (Fsp3) is 1.00. The second kappa shape index (κ2) is 9.41. The molecule has 1 aliphatic rings. The van der Waals surface area contributed by atoms with E-state index in [1.165, 1.54) is 7.11 Å². The zero-order chi connectivity index (χ0) is 11.6. The molecule has 0 radical (unpaired) electrons. The predicted molar refractivity (Wildman–Crippen MR) is 60.5 cm³/mol. The van der Waals surface area contributed by atoms with E-state index >= 15 is 0 Å². The topological polar surface area (TPSA) is 21.3 Å². The van der Waals surface area contributed by atoms with Crippen LogP contribution in [0, 0.1) is 0 Å². The Morgan fingerprint density at radius 2 is 1.86 bits per heavy atom. The van der Waals surface area contributed by atoms with Crippen molar-refractivity contribution < 1.29 is 9.13 Å². The van der Waals surface area contributed by atoms with Crippen molar-refractivity contribution in [3.63, 3.8) is 0 Å². The van der Waals surface area contributed by atoms with Gasteiger partial charge >= 0.3 is 0 Å². The van der Waals surface area contributed by atoms with E-state index in [9.17, 15) is 4.39 Å². The van der Waals surface area contributed by atoms with Crippen LogP contribution in [0.4, 0.5) is 4.39 Å². The van der Waals surface area contributed by atoms with Crippen molar-refractivity contribution in [2.45, 2.75) is 52.8 Å². The highest BCUT2D eigenvalue weighted by Crippen LogP contribution is 2.23. The quantitative estimate of drug-likeness (QED) is 0.752. The zero-order valence-corrected chi connectivity index (χ0v) is 10.5. The highest BCUT2D eigenvalue weighted by atomic mass is 19.1. The van der Waals surface area contributed by atoms with Crippen molar-refractivity contribution in [3.05, 3.63) is 0 Å². The summed E-state index contributed by atoms with van der Waals surface area (Å²) in [5.41, 5.74) is -1.12. The number of halogens is 1. The number of nitrogens with one attached hydrogen (secondary N) is 1. The van der Waals surface area contributed by atoms with Gasteiger partial charge in [0.1, 0.15) is 5.67 Å². The summed E-state index contributed by atoms with van der Waals surface area (Å²) in [5, 5.41) is 3.04. The number of hydrogen-bond donors (Lipinski definition) is 1. The molecule has 1 rings (SSSR count). The van der Waals surface area contributed by atoms with Gasteiger partial charge in [0.15, 0.2) is 0 Å². The number of ether oxygens (including phenoxy) is 1. The molecule has 2 atom stereocenters. The van der Waals surface area contributed by atoms with Crippen LogP contribution in [0.3, 0.4) is 0 Å². The highest BCUT2D eigenvalue weighted by molar-refractivity contribution is 4.92. The minimum Gasteiger partial charge on any atom is -0.381 e. The highest BCUT2D eigenvalue weighted by Gasteiger charge is 2.37. The van der Waals surface area contributed by atoms with Crippen molar-refractivity contribution in [1.82, 2.24) is 5.32 Å². The van der Waals surface area contributed by atoms with Crippen molar-refractivity contribution in [1.29, 1.82) is 0 Å². The molecule has 0 bridgehead atoms. The third kappa shape index (κ3) is 6.33. The minimum absolute atomic E-state index is 0.213. The third-order valence-corrected chi connectivity index (χ3v) is 1.84. The van der Waals surface area contributed by atoms with Gasteiger partial charge in [0.05, 0.1) is 6.61 Å². The summed E-state index contributed by atoms with van der Waals surface area (Å²) in [6, 6.07) is 0.292. The maximum absolute atomic E-state index is 13.4. The first kappa shape index (κ1) is 16.3. The summed E-state index contributed by atoms with van der Waals surface area (Å²) >= 11 is 0. The molecule has 2 nitrogen and oxygen atoms in total. The number of hydrogen-bond acceptors (Lipinski definition) is 2. The van der Waals surface area contributed by atoms with Gasteiger partial charge in [0, 0.05) is 19.7 Å². The Morgan fingerprint density at radius 1 is 1.36 bits per heavy atom. The van der Waals surface area contributed by atoms with Crippen LogP contribution in [0.5, 0.6) is 0 Å². The summed E-state index contributed by atoms with van der Waals surface area (Å²) in [4.78, 5) is 0. The smallest absolute Gasteiger partial charge is 0.148 e. The van der Waals surface area contributed by atoms with Crippen LogP contribution in [0.25, 0.3) is 0 Å². The van der Waals surface area contributed by atoms with Crippen molar-refractivity contribution in [2.75, 3.05) is 20.3 Å². The lowest BCUT2D eigenvalue weighted by atomic mass is 10.0. The van der Waals surface area contributed by atoms with Crippen LogP contribution in [0.2, 0.25) is 0 Å². The van der Waals surface area contributed by atoms with Crippen molar-refractivity contribution >= 4 is 0 Å². The number of alkyl halides is 1. The van der Waals surface area contributed by atoms with E-state index in [1.54, 1.807) is 0 Å². The van der Waals surface area contributed by atoms with E-state index in [2.05, 4.69) is 5.32 Å². The SMILES string of the molecule is CC.CC.COC[C@]1(F)CNC(C)C1. The molecule has 1 saturated heterocycles. The Labute approximate surface area is 88.2 Å². The van der Waals surface area contributed by atoms with E-state index in [0.717, 1.165) is 0 Å². The molecule has 0 aromatic carbocycles. The number of rotatable bonds is 2. The van der Waals surface area contributed by atoms with Gasteiger partial charge in [0.2, 0.25) is 0 Å². The summed E-state index contributed by atoms with van der Waals surface area (Å²) in [6.45, 7) is 10.6. The molecular weight excluding hydrogens is 181 g/mol. The normalized spacial score (nSPS) is 29.8. The Balaban J connectivity index is 0. The lowest BCUT2D eigenvalue weighted by molar-refractivity contribution is 0.0543. The van der Waals surface area contributed by atoms with E-state index in [4.69, 9.17) is 4.74 Å².